The second-order valence-corrected chi connectivity index (χ2v) is 2.81. The minimum Gasteiger partial charge on any atom is -0.254 e. The third kappa shape index (κ3) is 1.40. The van der Waals surface area contributed by atoms with Gasteiger partial charge in [0.05, 0.1) is 6.54 Å². The van der Waals surface area contributed by atoms with Gasteiger partial charge in [-0.25, -0.2) is 5.01 Å². The maximum Gasteiger partial charge on any atom is 0.0559 e. The van der Waals surface area contributed by atoms with Gasteiger partial charge in [-0.2, -0.15) is 0 Å². The molecule has 0 spiro atoms. The van der Waals surface area contributed by atoms with Gasteiger partial charge in [-0.1, -0.05) is 15.9 Å². The van der Waals surface area contributed by atoms with E-state index in [9.17, 15) is 0 Å². The van der Waals surface area contributed by atoms with Crippen LogP contribution in [0.5, 0.6) is 0 Å². The van der Waals surface area contributed by atoms with E-state index < -0.39 is 0 Å². The van der Waals surface area contributed by atoms with Crippen LogP contribution in [0.25, 0.3) is 0 Å². The molecule has 1 atom stereocenters. The first-order chi connectivity index (χ1) is 3.29. The molecular formula is C4H8BrN2. The summed E-state index contributed by atoms with van der Waals surface area (Å²) in [5.41, 5.74) is 3.10. The zero-order chi connectivity index (χ0) is 5.28. The normalized spacial score (nSPS) is 34.3. The van der Waals surface area contributed by atoms with Gasteiger partial charge in [0.2, 0.25) is 0 Å². The minimum atomic E-state index is 0.525. The molecule has 0 aromatic heterocycles. The van der Waals surface area contributed by atoms with Crippen LogP contribution in [-0.4, -0.2) is 23.4 Å². The highest BCUT2D eigenvalue weighted by atomic mass is 79.9. The number of hydrogen-bond acceptors (Lipinski definition) is 2. The average Bonchev–Trinajstić information content (AvgIpc) is 1.87. The Hall–Kier alpha value is 0.400. The van der Waals surface area contributed by atoms with Crippen molar-refractivity contribution in [2.24, 2.45) is 0 Å². The van der Waals surface area contributed by atoms with E-state index in [1.165, 1.54) is 0 Å². The maximum atomic E-state index is 3.42. The van der Waals surface area contributed by atoms with Gasteiger partial charge in [0.1, 0.15) is 0 Å². The molecule has 1 heterocycles. The van der Waals surface area contributed by atoms with Crippen molar-refractivity contribution in [3.8, 4) is 0 Å². The zero-order valence-corrected chi connectivity index (χ0v) is 5.77. The fourth-order valence-electron chi connectivity index (χ4n) is 0.579. The molecule has 3 heteroatoms. The predicted octanol–water partition coefficient (Wildman–Crippen LogP) is 0.362. The molecule has 41 valence electrons. The Kier molecular flexibility index (Phi) is 1.67. The van der Waals surface area contributed by atoms with Crippen LogP contribution in [0.15, 0.2) is 0 Å². The van der Waals surface area contributed by atoms with Crippen molar-refractivity contribution < 1.29 is 0 Å². The lowest BCUT2D eigenvalue weighted by molar-refractivity contribution is 0.359. The van der Waals surface area contributed by atoms with Crippen LogP contribution in [0.1, 0.15) is 0 Å². The van der Waals surface area contributed by atoms with Gasteiger partial charge in [0, 0.05) is 18.4 Å². The summed E-state index contributed by atoms with van der Waals surface area (Å²) in [6.45, 7) is 3.09. The molecule has 1 aliphatic rings. The Balaban J connectivity index is 2.26. The maximum absolute atomic E-state index is 3.42. The van der Waals surface area contributed by atoms with Crippen molar-refractivity contribution in [1.29, 1.82) is 0 Å². The zero-order valence-electron chi connectivity index (χ0n) is 4.19. The Morgan fingerprint density at radius 1 is 2.00 bits per heavy atom. The van der Waals surface area contributed by atoms with Gasteiger partial charge in [-0.05, 0) is 0 Å². The first-order valence-corrected chi connectivity index (χ1v) is 3.16. The molecule has 1 unspecified atom stereocenters. The number of hydrazine groups is 1. The van der Waals surface area contributed by atoms with E-state index in [0.717, 1.165) is 6.54 Å². The summed E-state index contributed by atoms with van der Waals surface area (Å²) in [4.78, 5) is 0.525. The average molecular weight is 164 g/mol. The number of alkyl halides is 1. The van der Waals surface area contributed by atoms with Crippen molar-refractivity contribution in [3.63, 3.8) is 0 Å². The minimum absolute atomic E-state index is 0.525. The van der Waals surface area contributed by atoms with Crippen LogP contribution in [0.2, 0.25) is 0 Å². The fourth-order valence-corrected chi connectivity index (χ4v) is 1.08. The van der Waals surface area contributed by atoms with Crippen molar-refractivity contribution >= 4 is 15.9 Å². The van der Waals surface area contributed by atoms with E-state index in [0.29, 0.717) is 4.83 Å². The number of hydrogen-bond donors (Lipinski definition) is 1. The summed E-state index contributed by atoms with van der Waals surface area (Å²) in [6.07, 6.45) is 0. The molecule has 0 bridgehead atoms. The molecule has 1 N–H and O–H groups in total. The van der Waals surface area contributed by atoms with E-state index >= 15 is 0 Å². The first-order valence-electron chi connectivity index (χ1n) is 2.24. The Morgan fingerprint density at radius 2 is 2.71 bits per heavy atom. The molecule has 1 fully saturated rings. The number of nitrogens with one attached hydrogen (secondary N) is 1. The summed E-state index contributed by atoms with van der Waals surface area (Å²) >= 11 is 3.42. The molecule has 1 saturated heterocycles. The SMILES string of the molecule is CN1[CH]C(Br)CN1. The van der Waals surface area contributed by atoms with Crippen LogP contribution < -0.4 is 5.43 Å². The number of nitrogens with zero attached hydrogens (tertiary/aromatic N) is 1. The van der Waals surface area contributed by atoms with E-state index in [2.05, 4.69) is 27.9 Å². The molecule has 0 aliphatic carbocycles. The second-order valence-electron chi connectivity index (χ2n) is 1.64. The highest BCUT2D eigenvalue weighted by Gasteiger charge is 2.14. The molecule has 1 aliphatic heterocycles. The molecule has 7 heavy (non-hydrogen) atoms. The van der Waals surface area contributed by atoms with E-state index in [-0.39, 0.29) is 0 Å². The van der Waals surface area contributed by atoms with Gasteiger partial charge >= 0.3 is 0 Å². The van der Waals surface area contributed by atoms with Gasteiger partial charge in [0.15, 0.2) is 0 Å². The monoisotopic (exact) mass is 163 g/mol. The Morgan fingerprint density at radius 3 is 2.86 bits per heavy atom. The molecule has 2 nitrogen and oxygen atoms in total. The van der Waals surface area contributed by atoms with E-state index in [1.54, 1.807) is 0 Å². The van der Waals surface area contributed by atoms with Crippen LogP contribution in [-0.2, 0) is 0 Å². The molecule has 0 aromatic carbocycles. The van der Waals surface area contributed by atoms with E-state index in [4.69, 9.17) is 0 Å². The van der Waals surface area contributed by atoms with Crippen molar-refractivity contribution in [2.45, 2.75) is 4.83 Å². The van der Waals surface area contributed by atoms with Crippen molar-refractivity contribution in [1.82, 2.24) is 10.4 Å². The lowest BCUT2D eigenvalue weighted by Gasteiger charge is -2.02. The van der Waals surface area contributed by atoms with Gasteiger partial charge < -0.3 is 0 Å². The lowest BCUT2D eigenvalue weighted by atomic mass is 10.5. The largest absolute Gasteiger partial charge is 0.254 e. The van der Waals surface area contributed by atoms with Crippen molar-refractivity contribution in [3.05, 3.63) is 6.54 Å². The second kappa shape index (κ2) is 2.11. The molecule has 0 amide bonds. The molecule has 1 rings (SSSR count). The van der Waals surface area contributed by atoms with Gasteiger partial charge in [0.25, 0.3) is 0 Å². The third-order valence-electron chi connectivity index (χ3n) is 0.921. The van der Waals surface area contributed by atoms with Gasteiger partial charge in [-0.15, -0.1) is 0 Å². The lowest BCUT2D eigenvalue weighted by Crippen LogP contribution is -2.23. The van der Waals surface area contributed by atoms with Crippen molar-refractivity contribution in [2.75, 3.05) is 13.6 Å². The van der Waals surface area contributed by atoms with Crippen LogP contribution in [0, 0.1) is 6.54 Å². The quantitative estimate of drug-likeness (QED) is 0.520. The third-order valence-corrected chi connectivity index (χ3v) is 1.48. The Labute approximate surface area is 52.0 Å². The summed E-state index contributed by atoms with van der Waals surface area (Å²) in [7, 11) is 1.99. The first kappa shape index (κ1) is 5.54. The summed E-state index contributed by atoms with van der Waals surface area (Å²) in [6, 6.07) is 0. The molecular weight excluding hydrogens is 156 g/mol. The van der Waals surface area contributed by atoms with Crippen LogP contribution >= 0.6 is 15.9 Å². The topological polar surface area (TPSA) is 15.3 Å². The molecule has 1 radical (unpaired) electrons. The highest BCUT2D eigenvalue weighted by Crippen LogP contribution is 2.08. The predicted molar refractivity (Wildman–Crippen MR) is 32.8 cm³/mol. The Bertz CT molecular complexity index is 58.7. The smallest absolute Gasteiger partial charge is 0.0559 e. The number of halogens is 1. The molecule has 0 saturated carbocycles. The molecule has 0 aromatic rings. The van der Waals surface area contributed by atoms with Crippen LogP contribution in [0.4, 0.5) is 0 Å². The highest BCUT2D eigenvalue weighted by molar-refractivity contribution is 9.09. The number of rotatable bonds is 0. The summed E-state index contributed by atoms with van der Waals surface area (Å²) < 4.78 is 0. The van der Waals surface area contributed by atoms with Crippen LogP contribution in [0.3, 0.4) is 0 Å². The van der Waals surface area contributed by atoms with Gasteiger partial charge in [-0.3, -0.25) is 5.43 Å². The summed E-state index contributed by atoms with van der Waals surface area (Å²) in [5, 5.41) is 1.96. The standard InChI is InChI=1S/C4H8BrN2/c1-7-3-4(5)2-6-7/h3-4,6H,2H2,1H3. The van der Waals surface area contributed by atoms with E-state index in [1.807, 2.05) is 12.1 Å². The summed E-state index contributed by atoms with van der Waals surface area (Å²) in [5.74, 6) is 0. The fraction of sp³-hybridized carbons (Fsp3) is 0.750.